The van der Waals surface area contributed by atoms with E-state index in [0.29, 0.717) is 6.61 Å². The number of thioether (sulfide) groups is 1. The molecule has 2 amide bonds. The fourth-order valence-corrected chi connectivity index (χ4v) is 3.91. The van der Waals surface area contributed by atoms with Gasteiger partial charge in [0.05, 0.1) is 6.61 Å². The van der Waals surface area contributed by atoms with Crippen molar-refractivity contribution in [3.63, 3.8) is 0 Å². The number of rotatable bonds is 10. The van der Waals surface area contributed by atoms with Gasteiger partial charge in [0.1, 0.15) is 17.8 Å². The molecule has 0 bridgehead atoms. The van der Waals surface area contributed by atoms with Crippen molar-refractivity contribution in [2.75, 3.05) is 32.1 Å². The summed E-state index contributed by atoms with van der Waals surface area (Å²) >= 11 is 1.71. The van der Waals surface area contributed by atoms with Crippen LogP contribution in [-0.2, 0) is 9.47 Å². The Morgan fingerprint density at radius 3 is 2.71 bits per heavy atom. The normalized spacial score (nSPS) is 27.1. The van der Waals surface area contributed by atoms with Gasteiger partial charge in [0, 0.05) is 31.6 Å². The van der Waals surface area contributed by atoms with Gasteiger partial charge in [0.2, 0.25) is 0 Å². The number of nitrogens with zero attached hydrogens (tertiary/aromatic N) is 2. The summed E-state index contributed by atoms with van der Waals surface area (Å²) in [4.78, 5) is 16.5. The lowest BCUT2D eigenvalue weighted by molar-refractivity contribution is -0.0374. The molecular weight excluding hydrogens is 326 g/mol. The molecule has 0 aromatic carbocycles. The van der Waals surface area contributed by atoms with Crippen molar-refractivity contribution in [1.82, 2.24) is 15.1 Å². The molecule has 2 aliphatic rings. The third-order valence-electron chi connectivity index (χ3n) is 4.00. The number of carbonyl (C=O) groups excluding carboxylic acids is 1. The minimum absolute atomic E-state index is 0.0113. The van der Waals surface area contributed by atoms with Crippen molar-refractivity contribution in [3.8, 4) is 0 Å². The van der Waals surface area contributed by atoms with Crippen LogP contribution in [0.2, 0.25) is 0 Å². The van der Waals surface area contributed by atoms with Crippen molar-refractivity contribution in [2.45, 2.75) is 57.9 Å². The molecule has 138 valence electrons. The van der Waals surface area contributed by atoms with E-state index in [1.807, 2.05) is 6.20 Å². The summed E-state index contributed by atoms with van der Waals surface area (Å²) in [5, 5.41) is 3.09. The number of hydrogen-bond donors (Lipinski definition) is 1. The van der Waals surface area contributed by atoms with Crippen molar-refractivity contribution >= 4 is 17.8 Å². The summed E-state index contributed by atoms with van der Waals surface area (Å²) < 4.78 is 11.5. The Kier molecular flexibility index (Phi) is 8.38. The molecule has 1 fully saturated rings. The average molecular weight is 358 g/mol. The van der Waals surface area contributed by atoms with Crippen molar-refractivity contribution in [2.24, 2.45) is 0 Å². The zero-order valence-electron chi connectivity index (χ0n) is 15.1. The highest BCUT2D eigenvalue weighted by atomic mass is 32.2. The van der Waals surface area contributed by atoms with Crippen LogP contribution in [0, 0.1) is 0 Å². The molecule has 24 heavy (non-hydrogen) atoms. The van der Waals surface area contributed by atoms with Crippen LogP contribution in [0.5, 0.6) is 0 Å². The zero-order chi connectivity index (χ0) is 17.4. The van der Waals surface area contributed by atoms with Gasteiger partial charge >= 0.3 is 6.03 Å². The third-order valence-corrected chi connectivity index (χ3v) is 5.09. The third kappa shape index (κ3) is 5.37. The molecule has 3 atom stereocenters. The van der Waals surface area contributed by atoms with Crippen LogP contribution >= 0.6 is 11.8 Å². The van der Waals surface area contributed by atoms with Gasteiger partial charge in [-0.05, 0) is 25.3 Å². The maximum atomic E-state index is 12.5. The molecule has 0 spiro atoms. The van der Waals surface area contributed by atoms with E-state index in [4.69, 9.17) is 9.47 Å². The number of carbonyl (C=O) groups is 1. The monoisotopic (exact) mass is 357 g/mol. The first kappa shape index (κ1) is 19.6. The van der Waals surface area contributed by atoms with Gasteiger partial charge in [0.25, 0.3) is 0 Å². The van der Waals surface area contributed by atoms with Crippen LogP contribution in [0.15, 0.2) is 12.3 Å². The zero-order valence-corrected chi connectivity index (χ0v) is 15.9. The SMILES string of the molecule is CCCOC[C@H]1O[C@@H](N2C=CC(N(CCC)CCC)NC2=O)CS1. The average Bonchev–Trinajstić information content (AvgIpc) is 3.03. The van der Waals surface area contributed by atoms with Crippen LogP contribution in [-0.4, -0.2) is 65.7 Å². The van der Waals surface area contributed by atoms with Crippen LogP contribution in [0.25, 0.3) is 0 Å². The first-order valence-corrected chi connectivity index (χ1v) is 10.1. The first-order chi connectivity index (χ1) is 11.7. The van der Waals surface area contributed by atoms with Crippen molar-refractivity contribution < 1.29 is 14.3 Å². The Hall–Kier alpha value is -0.760. The van der Waals surface area contributed by atoms with Crippen LogP contribution in [0.1, 0.15) is 40.0 Å². The Labute approximate surface area is 149 Å². The molecule has 1 unspecified atom stereocenters. The number of amides is 2. The summed E-state index contributed by atoms with van der Waals surface area (Å²) in [6.07, 6.45) is 6.85. The number of hydrogen-bond acceptors (Lipinski definition) is 5. The molecule has 0 aromatic rings. The summed E-state index contributed by atoms with van der Waals surface area (Å²) in [5.74, 6) is 0.774. The quantitative estimate of drug-likeness (QED) is 0.609. The lowest BCUT2D eigenvalue weighted by atomic mass is 10.2. The molecular formula is C17H31N3O3S. The second kappa shape index (κ2) is 10.3. The largest absolute Gasteiger partial charge is 0.378 e. The van der Waals surface area contributed by atoms with Gasteiger partial charge in [-0.25, -0.2) is 4.79 Å². The molecule has 7 heteroatoms. The van der Waals surface area contributed by atoms with E-state index in [0.717, 1.165) is 44.7 Å². The Bertz CT molecular complexity index is 416. The number of nitrogens with one attached hydrogen (secondary N) is 1. The van der Waals surface area contributed by atoms with Gasteiger partial charge in [0.15, 0.2) is 0 Å². The fraction of sp³-hybridized carbons (Fsp3) is 0.824. The maximum absolute atomic E-state index is 12.5. The molecule has 2 heterocycles. The lowest BCUT2D eigenvalue weighted by Crippen LogP contribution is -2.56. The highest BCUT2D eigenvalue weighted by Gasteiger charge is 2.35. The molecule has 6 nitrogen and oxygen atoms in total. The topological polar surface area (TPSA) is 54.0 Å². The van der Waals surface area contributed by atoms with E-state index < -0.39 is 0 Å². The second-order valence-electron chi connectivity index (χ2n) is 6.11. The first-order valence-electron chi connectivity index (χ1n) is 9.05. The lowest BCUT2D eigenvalue weighted by Gasteiger charge is -2.36. The van der Waals surface area contributed by atoms with E-state index >= 15 is 0 Å². The van der Waals surface area contributed by atoms with Crippen LogP contribution in [0.3, 0.4) is 0 Å². The molecule has 2 rings (SSSR count). The van der Waals surface area contributed by atoms with Gasteiger partial charge in [-0.1, -0.05) is 20.8 Å². The molecule has 0 radical (unpaired) electrons. The molecule has 2 aliphatic heterocycles. The Balaban J connectivity index is 1.87. The van der Waals surface area contributed by atoms with Gasteiger partial charge < -0.3 is 14.8 Å². The fourth-order valence-electron chi connectivity index (χ4n) is 2.90. The van der Waals surface area contributed by atoms with Crippen molar-refractivity contribution in [1.29, 1.82) is 0 Å². The van der Waals surface area contributed by atoms with E-state index in [1.54, 1.807) is 16.7 Å². The molecule has 0 aromatic heterocycles. The minimum Gasteiger partial charge on any atom is -0.378 e. The smallest absolute Gasteiger partial charge is 0.325 e. The standard InChI is InChI=1S/C17H31N3O3S/c1-4-8-19(9-5-2)14-7-10-20(17(21)18-14)15-13-24-16(23-15)12-22-11-6-3/h7,10,14-16H,4-6,8-9,11-13H2,1-3H3,(H,18,21)/t14?,15-,16+/m1/s1. The highest BCUT2D eigenvalue weighted by molar-refractivity contribution is 8.00. The highest BCUT2D eigenvalue weighted by Crippen LogP contribution is 2.28. The summed E-state index contributed by atoms with van der Waals surface area (Å²) in [6, 6.07) is -0.0829. The van der Waals surface area contributed by atoms with Crippen LogP contribution < -0.4 is 5.32 Å². The van der Waals surface area contributed by atoms with E-state index in [2.05, 4.69) is 37.1 Å². The predicted octanol–water partition coefficient (Wildman–Crippen LogP) is 2.82. The molecule has 1 saturated heterocycles. The van der Waals surface area contributed by atoms with Gasteiger partial charge in [-0.2, -0.15) is 0 Å². The van der Waals surface area contributed by atoms with Gasteiger partial charge in [-0.15, -0.1) is 11.8 Å². The second-order valence-corrected chi connectivity index (χ2v) is 7.30. The Morgan fingerprint density at radius 1 is 1.33 bits per heavy atom. The number of ether oxygens (including phenoxy) is 2. The summed E-state index contributed by atoms with van der Waals surface area (Å²) in [7, 11) is 0. The predicted molar refractivity (Wildman–Crippen MR) is 97.7 cm³/mol. The maximum Gasteiger partial charge on any atom is 0.325 e. The van der Waals surface area contributed by atoms with Crippen LogP contribution in [0.4, 0.5) is 4.79 Å². The molecule has 0 saturated carbocycles. The van der Waals surface area contributed by atoms with Crippen molar-refractivity contribution in [3.05, 3.63) is 12.3 Å². The molecule has 0 aliphatic carbocycles. The van der Waals surface area contributed by atoms with Gasteiger partial charge in [-0.3, -0.25) is 9.80 Å². The summed E-state index contributed by atoms with van der Waals surface area (Å²) in [5.41, 5.74) is 0.0113. The minimum atomic E-state index is -0.215. The number of urea groups is 1. The van der Waals surface area contributed by atoms with E-state index in [9.17, 15) is 4.79 Å². The van der Waals surface area contributed by atoms with E-state index in [-0.39, 0.29) is 23.9 Å². The Morgan fingerprint density at radius 2 is 2.08 bits per heavy atom. The van der Waals surface area contributed by atoms with E-state index in [1.165, 1.54) is 0 Å². The summed E-state index contributed by atoms with van der Waals surface area (Å²) in [6.45, 7) is 9.71. The molecule has 1 N–H and O–H groups in total.